The summed E-state index contributed by atoms with van der Waals surface area (Å²) in [5, 5.41) is 10.8. The van der Waals surface area contributed by atoms with Crippen molar-refractivity contribution in [2.75, 3.05) is 0 Å². The summed E-state index contributed by atoms with van der Waals surface area (Å²) < 4.78 is 0.864. The summed E-state index contributed by atoms with van der Waals surface area (Å²) in [5.74, 6) is 0. The van der Waals surface area contributed by atoms with Gasteiger partial charge in [0.1, 0.15) is 0 Å². The standard InChI is InChI=1S/C15H15BrClNO/c1-2-10-3-4-14(18-9-10)8-15(19)11-5-12(16)7-13(17)6-11/h3-7,9,15,19H,2,8H2,1H3. The van der Waals surface area contributed by atoms with Gasteiger partial charge >= 0.3 is 0 Å². The minimum atomic E-state index is -0.602. The number of aliphatic hydroxyl groups is 1. The van der Waals surface area contributed by atoms with Gasteiger partial charge in [0, 0.05) is 27.8 Å². The molecule has 0 fully saturated rings. The Bertz CT molecular complexity index is 536. The number of hydrogen-bond acceptors (Lipinski definition) is 2. The molecule has 19 heavy (non-hydrogen) atoms. The topological polar surface area (TPSA) is 33.1 Å². The van der Waals surface area contributed by atoms with Crippen LogP contribution >= 0.6 is 27.5 Å². The second kappa shape index (κ2) is 6.51. The Hall–Kier alpha value is -0.900. The van der Waals surface area contributed by atoms with Crippen LogP contribution in [0, 0.1) is 0 Å². The molecule has 2 aromatic rings. The minimum absolute atomic E-state index is 0.483. The lowest BCUT2D eigenvalue weighted by Gasteiger charge is -2.12. The van der Waals surface area contributed by atoms with Crippen molar-refractivity contribution in [2.24, 2.45) is 0 Å². The Morgan fingerprint density at radius 2 is 2.11 bits per heavy atom. The highest BCUT2D eigenvalue weighted by Crippen LogP contribution is 2.25. The molecule has 0 spiro atoms. The summed E-state index contributed by atoms with van der Waals surface area (Å²) >= 11 is 9.35. The average molecular weight is 341 g/mol. The van der Waals surface area contributed by atoms with E-state index < -0.39 is 6.10 Å². The third-order valence-corrected chi connectivity index (χ3v) is 3.64. The predicted octanol–water partition coefficient (Wildman–Crippen LogP) is 4.34. The van der Waals surface area contributed by atoms with Gasteiger partial charge in [-0.05, 0) is 41.8 Å². The van der Waals surface area contributed by atoms with Gasteiger partial charge in [-0.25, -0.2) is 0 Å². The Kier molecular flexibility index (Phi) is 4.97. The Morgan fingerprint density at radius 3 is 2.68 bits per heavy atom. The maximum absolute atomic E-state index is 10.2. The molecule has 1 heterocycles. The molecule has 0 bridgehead atoms. The van der Waals surface area contributed by atoms with Gasteiger partial charge < -0.3 is 5.11 Å². The molecular weight excluding hydrogens is 326 g/mol. The molecule has 1 aromatic carbocycles. The predicted molar refractivity (Wildman–Crippen MR) is 81.4 cm³/mol. The van der Waals surface area contributed by atoms with Crippen molar-refractivity contribution in [3.05, 3.63) is 62.8 Å². The lowest BCUT2D eigenvalue weighted by atomic mass is 10.0. The summed E-state index contributed by atoms with van der Waals surface area (Å²) in [4.78, 5) is 4.36. The zero-order valence-electron chi connectivity index (χ0n) is 10.6. The molecule has 1 N–H and O–H groups in total. The molecule has 0 aliphatic carbocycles. The summed E-state index contributed by atoms with van der Waals surface area (Å²) in [5.41, 5.74) is 2.87. The molecule has 2 nitrogen and oxygen atoms in total. The lowest BCUT2D eigenvalue weighted by molar-refractivity contribution is 0.177. The molecule has 0 saturated heterocycles. The van der Waals surface area contributed by atoms with Crippen LogP contribution in [0.5, 0.6) is 0 Å². The van der Waals surface area contributed by atoms with Crippen molar-refractivity contribution in [3.8, 4) is 0 Å². The van der Waals surface area contributed by atoms with Crippen molar-refractivity contribution < 1.29 is 5.11 Å². The van der Waals surface area contributed by atoms with Crippen LogP contribution in [0.4, 0.5) is 0 Å². The molecular formula is C15H15BrClNO. The molecule has 1 atom stereocenters. The first kappa shape index (κ1) is 14.5. The monoisotopic (exact) mass is 339 g/mol. The van der Waals surface area contributed by atoms with Gasteiger partial charge in [-0.1, -0.05) is 40.5 Å². The maximum Gasteiger partial charge on any atom is 0.0846 e. The molecule has 0 aliphatic heterocycles. The molecule has 0 aliphatic rings. The highest BCUT2D eigenvalue weighted by Gasteiger charge is 2.11. The smallest absolute Gasteiger partial charge is 0.0846 e. The normalized spacial score (nSPS) is 12.4. The fourth-order valence-electron chi connectivity index (χ4n) is 1.87. The quantitative estimate of drug-likeness (QED) is 0.898. The first-order chi connectivity index (χ1) is 9.08. The zero-order valence-corrected chi connectivity index (χ0v) is 12.9. The number of halogens is 2. The lowest BCUT2D eigenvalue weighted by Crippen LogP contribution is -2.03. The van der Waals surface area contributed by atoms with E-state index in [-0.39, 0.29) is 0 Å². The largest absolute Gasteiger partial charge is 0.388 e. The van der Waals surface area contributed by atoms with Crippen LogP contribution in [0.25, 0.3) is 0 Å². The summed E-state index contributed by atoms with van der Waals surface area (Å²) in [6, 6.07) is 9.45. The van der Waals surface area contributed by atoms with E-state index in [0.29, 0.717) is 11.4 Å². The van der Waals surface area contributed by atoms with Crippen LogP contribution in [-0.4, -0.2) is 10.1 Å². The fraction of sp³-hybridized carbons (Fsp3) is 0.267. The first-order valence-electron chi connectivity index (χ1n) is 6.16. The van der Waals surface area contributed by atoms with E-state index in [1.54, 1.807) is 12.1 Å². The third-order valence-electron chi connectivity index (χ3n) is 2.97. The Labute approximate surface area is 126 Å². The average Bonchev–Trinajstić information content (AvgIpc) is 2.38. The second-order valence-electron chi connectivity index (χ2n) is 4.43. The van der Waals surface area contributed by atoms with E-state index in [2.05, 4.69) is 27.8 Å². The van der Waals surface area contributed by atoms with Crippen LogP contribution in [0.15, 0.2) is 41.0 Å². The molecule has 0 radical (unpaired) electrons. The highest BCUT2D eigenvalue weighted by molar-refractivity contribution is 9.10. The zero-order chi connectivity index (χ0) is 13.8. The van der Waals surface area contributed by atoms with Crippen molar-refractivity contribution in [1.29, 1.82) is 0 Å². The van der Waals surface area contributed by atoms with Crippen LogP contribution in [0.1, 0.15) is 29.8 Å². The molecule has 2 rings (SSSR count). The van der Waals surface area contributed by atoms with E-state index in [9.17, 15) is 5.11 Å². The maximum atomic E-state index is 10.2. The molecule has 0 saturated carbocycles. The number of nitrogens with zero attached hydrogens (tertiary/aromatic N) is 1. The number of rotatable bonds is 4. The van der Waals surface area contributed by atoms with Crippen molar-refractivity contribution in [1.82, 2.24) is 4.98 Å². The van der Waals surface area contributed by atoms with Crippen LogP contribution < -0.4 is 0 Å². The molecule has 1 aromatic heterocycles. The van der Waals surface area contributed by atoms with E-state index >= 15 is 0 Å². The number of pyridine rings is 1. The highest BCUT2D eigenvalue weighted by atomic mass is 79.9. The number of benzene rings is 1. The Balaban J connectivity index is 2.13. The number of aryl methyl sites for hydroxylation is 1. The number of hydrogen-bond donors (Lipinski definition) is 1. The fourth-order valence-corrected chi connectivity index (χ4v) is 2.75. The molecule has 0 amide bonds. The van der Waals surface area contributed by atoms with Gasteiger partial charge in [-0.2, -0.15) is 0 Å². The van der Waals surface area contributed by atoms with Gasteiger partial charge in [0.2, 0.25) is 0 Å². The van der Waals surface area contributed by atoms with E-state index in [1.807, 2.05) is 24.4 Å². The van der Waals surface area contributed by atoms with Crippen molar-refractivity contribution >= 4 is 27.5 Å². The van der Waals surface area contributed by atoms with E-state index in [1.165, 1.54) is 5.56 Å². The van der Waals surface area contributed by atoms with Crippen LogP contribution in [-0.2, 0) is 12.8 Å². The second-order valence-corrected chi connectivity index (χ2v) is 5.79. The number of aliphatic hydroxyl groups excluding tert-OH is 1. The summed E-state index contributed by atoms with van der Waals surface area (Å²) in [7, 11) is 0. The van der Waals surface area contributed by atoms with E-state index in [4.69, 9.17) is 11.6 Å². The van der Waals surface area contributed by atoms with Gasteiger partial charge in [0.25, 0.3) is 0 Å². The molecule has 4 heteroatoms. The summed E-state index contributed by atoms with van der Waals surface area (Å²) in [6.45, 7) is 2.09. The SMILES string of the molecule is CCc1ccc(CC(O)c2cc(Cl)cc(Br)c2)nc1. The van der Waals surface area contributed by atoms with Gasteiger partial charge in [-0.15, -0.1) is 0 Å². The van der Waals surface area contributed by atoms with Gasteiger partial charge in [-0.3, -0.25) is 4.98 Å². The van der Waals surface area contributed by atoms with E-state index in [0.717, 1.165) is 22.2 Å². The number of aromatic nitrogens is 1. The van der Waals surface area contributed by atoms with Crippen molar-refractivity contribution in [2.45, 2.75) is 25.9 Å². The molecule has 100 valence electrons. The van der Waals surface area contributed by atoms with Gasteiger partial charge in [0.05, 0.1) is 6.10 Å². The van der Waals surface area contributed by atoms with Gasteiger partial charge in [0.15, 0.2) is 0 Å². The van der Waals surface area contributed by atoms with Crippen LogP contribution in [0.3, 0.4) is 0 Å². The minimum Gasteiger partial charge on any atom is -0.388 e. The molecule has 1 unspecified atom stereocenters. The Morgan fingerprint density at radius 1 is 1.32 bits per heavy atom. The summed E-state index contributed by atoms with van der Waals surface area (Å²) in [6.07, 6.45) is 2.71. The van der Waals surface area contributed by atoms with Crippen LogP contribution in [0.2, 0.25) is 5.02 Å². The third kappa shape index (κ3) is 4.03. The first-order valence-corrected chi connectivity index (χ1v) is 7.33. The van der Waals surface area contributed by atoms with Crippen molar-refractivity contribution in [3.63, 3.8) is 0 Å².